The molecule has 0 bridgehead atoms. The van der Waals surface area contributed by atoms with Gasteiger partial charge in [0.25, 0.3) is 0 Å². The van der Waals surface area contributed by atoms with Crippen molar-refractivity contribution < 1.29 is 10.2 Å². The third kappa shape index (κ3) is 8.91. The standard InChI is InChI=1S/C18H20BrClO.C2H6.C2H4.CH5N.CH4O/c1-5-6-14-11(3)18(21)16(12(4)17(14)19)13-7-8-15(20)10(2)9-13;4*1-2/h7-9,21H,5-6H2,1-4H3;1-2H3;1-2H2;2H2,1H3;2H,1H3. The summed E-state index contributed by atoms with van der Waals surface area (Å²) in [5.74, 6) is 0.376. The maximum absolute atomic E-state index is 10.7. The van der Waals surface area contributed by atoms with Gasteiger partial charge in [0.15, 0.2) is 0 Å². The first-order valence-corrected chi connectivity index (χ1v) is 10.8. The summed E-state index contributed by atoms with van der Waals surface area (Å²) < 4.78 is 1.10. The Morgan fingerprint density at radius 2 is 1.52 bits per heavy atom. The summed E-state index contributed by atoms with van der Waals surface area (Å²) in [5, 5.41) is 18.4. The van der Waals surface area contributed by atoms with E-state index in [0.717, 1.165) is 57.3 Å². The number of aliphatic hydroxyl groups excluding tert-OH is 1. The molecule has 2 aromatic carbocycles. The van der Waals surface area contributed by atoms with E-state index in [4.69, 9.17) is 16.7 Å². The molecule has 0 heterocycles. The molecule has 0 aliphatic carbocycles. The van der Waals surface area contributed by atoms with Crippen LogP contribution < -0.4 is 5.73 Å². The van der Waals surface area contributed by atoms with Crippen LogP contribution >= 0.6 is 27.5 Å². The molecule has 2 rings (SSSR count). The van der Waals surface area contributed by atoms with Crippen molar-refractivity contribution in [2.24, 2.45) is 5.73 Å². The molecule has 0 unspecified atom stereocenters. The Labute approximate surface area is 191 Å². The third-order valence-corrected chi connectivity index (χ3v) is 5.46. The van der Waals surface area contributed by atoms with Crippen LogP contribution in [0.15, 0.2) is 35.8 Å². The van der Waals surface area contributed by atoms with Crippen molar-refractivity contribution in [3.63, 3.8) is 0 Å². The molecule has 0 radical (unpaired) electrons. The largest absolute Gasteiger partial charge is 0.507 e. The third-order valence-electron chi connectivity index (χ3n) is 3.96. The molecule has 0 aliphatic heterocycles. The van der Waals surface area contributed by atoms with Gasteiger partial charge >= 0.3 is 0 Å². The number of hydrogen-bond acceptors (Lipinski definition) is 3. The van der Waals surface area contributed by atoms with Gasteiger partial charge < -0.3 is 15.9 Å². The fraction of sp³-hybridized carbons (Fsp3) is 0.417. The van der Waals surface area contributed by atoms with Gasteiger partial charge in [0.2, 0.25) is 0 Å². The number of halogens is 2. The maximum Gasteiger partial charge on any atom is 0.126 e. The summed E-state index contributed by atoms with van der Waals surface area (Å²) in [5.41, 5.74) is 10.6. The maximum atomic E-state index is 10.7. The lowest BCUT2D eigenvalue weighted by molar-refractivity contribution is 0.399. The van der Waals surface area contributed by atoms with Gasteiger partial charge in [0, 0.05) is 22.2 Å². The number of aryl methyl sites for hydroxylation is 1. The van der Waals surface area contributed by atoms with Crippen LogP contribution in [-0.2, 0) is 6.42 Å². The lowest BCUT2D eigenvalue weighted by Crippen LogP contribution is -1.98. The molecule has 4 N–H and O–H groups in total. The van der Waals surface area contributed by atoms with E-state index in [9.17, 15) is 5.11 Å². The van der Waals surface area contributed by atoms with E-state index in [2.05, 4.69) is 41.7 Å². The number of hydrogen-bond donors (Lipinski definition) is 3. The minimum Gasteiger partial charge on any atom is -0.507 e. The van der Waals surface area contributed by atoms with Crippen molar-refractivity contribution in [3.8, 4) is 16.9 Å². The number of aromatic hydroxyl groups is 1. The Bertz CT molecular complexity index is 690. The molecule has 0 fully saturated rings. The van der Waals surface area contributed by atoms with Crippen LogP contribution in [-0.4, -0.2) is 24.4 Å². The predicted octanol–water partition coefficient (Wildman–Crippen LogP) is 7.36. The summed E-state index contributed by atoms with van der Waals surface area (Å²) in [7, 11) is 2.50. The molecule has 166 valence electrons. The Balaban J connectivity index is -0.000000754. The summed E-state index contributed by atoms with van der Waals surface area (Å²) >= 11 is 9.82. The van der Waals surface area contributed by atoms with E-state index in [1.165, 1.54) is 12.6 Å². The second-order valence-electron chi connectivity index (χ2n) is 5.48. The highest BCUT2D eigenvalue weighted by Crippen LogP contribution is 2.42. The molecular weight excluding hydrogens is 450 g/mol. The van der Waals surface area contributed by atoms with Gasteiger partial charge in [-0.15, -0.1) is 13.2 Å². The second kappa shape index (κ2) is 18.7. The number of aliphatic hydroxyl groups is 1. The Morgan fingerprint density at radius 1 is 1.03 bits per heavy atom. The van der Waals surface area contributed by atoms with Crippen molar-refractivity contribution in [2.45, 2.75) is 54.4 Å². The summed E-state index contributed by atoms with van der Waals surface area (Å²) in [6, 6.07) is 5.87. The first-order chi connectivity index (χ1) is 13.9. The van der Waals surface area contributed by atoms with E-state index in [1.54, 1.807) is 0 Å². The summed E-state index contributed by atoms with van der Waals surface area (Å²) in [6.07, 6.45) is 2.01. The van der Waals surface area contributed by atoms with E-state index in [1.807, 2.05) is 52.8 Å². The molecule has 0 saturated carbocycles. The van der Waals surface area contributed by atoms with Gasteiger partial charge in [0.1, 0.15) is 5.75 Å². The topological polar surface area (TPSA) is 66.5 Å². The highest BCUT2D eigenvalue weighted by molar-refractivity contribution is 9.10. The first kappa shape index (κ1) is 32.3. The average Bonchev–Trinajstić information content (AvgIpc) is 2.78. The Hall–Kier alpha value is -1.33. The lowest BCUT2D eigenvalue weighted by Gasteiger charge is -2.18. The fourth-order valence-electron chi connectivity index (χ4n) is 2.71. The Morgan fingerprint density at radius 3 is 1.93 bits per heavy atom. The number of rotatable bonds is 3. The van der Waals surface area contributed by atoms with Crippen LogP contribution in [0.4, 0.5) is 0 Å². The van der Waals surface area contributed by atoms with Crippen LogP contribution in [0.3, 0.4) is 0 Å². The monoisotopic (exact) mass is 487 g/mol. The zero-order chi connectivity index (χ0) is 23.7. The van der Waals surface area contributed by atoms with Crippen LogP contribution in [0, 0.1) is 20.8 Å². The fourth-order valence-corrected chi connectivity index (χ4v) is 3.52. The van der Waals surface area contributed by atoms with Crippen LogP contribution in [0.1, 0.15) is 49.4 Å². The van der Waals surface area contributed by atoms with Crippen molar-refractivity contribution in [1.82, 2.24) is 0 Å². The molecule has 0 aromatic heterocycles. The van der Waals surface area contributed by atoms with E-state index < -0.39 is 0 Å². The highest BCUT2D eigenvalue weighted by atomic mass is 79.9. The molecule has 29 heavy (non-hydrogen) atoms. The van der Waals surface area contributed by atoms with Crippen molar-refractivity contribution in [1.29, 1.82) is 0 Å². The van der Waals surface area contributed by atoms with Gasteiger partial charge in [-0.25, -0.2) is 0 Å². The molecule has 0 saturated heterocycles. The molecule has 0 spiro atoms. The van der Waals surface area contributed by atoms with E-state index >= 15 is 0 Å². The predicted molar refractivity (Wildman–Crippen MR) is 135 cm³/mol. The van der Waals surface area contributed by atoms with Gasteiger partial charge in [-0.2, -0.15) is 0 Å². The number of phenolic OH excluding ortho intramolecular Hbond substituents is 1. The number of benzene rings is 2. The normalized spacial score (nSPS) is 8.69. The molecule has 3 nitrogen and oxygen atoms in total. The van der Waals surface area contributed by atoms with E-state index in [-0.39, 0.29) is 0 Å². The smallest absolute Gasteiger partial charge is 0.126 e. The van der Waals surface area contributed by atoms with E-state index in [0.29, 0.717) is 5.75 Å². The van der Waals surface area contributed by atoms with Gasteiger partial charge in [-0.3, -0.25) is 0 Å². The molecular formula is C24H39BrClNO2. The van der Waals surface area contributed by atoms with Crippen LogP contribution in [0.2, 0.25) is 5.02 Å². The zero-order valence-electron chi connectivity index (χ0n) is 19.3. The minimum atomic E-state index is 0.376. The van der Waals surface area contributed by atoms with Crippen LogP contribution in [0.5, 0.6) is 5.75 Å². The SMILES string of the molecule is C=C.CC.CCCc1c(C)c(O)c(-c2ccc(Cl)c(C)c2)c(C)c1Br.CN.CO. The van der Waals surface area contributed by atoms with Gasteiger partial charge in [-0.05, 0) is 74.2 Å². The van der Waals surface area contributed by atoms with Crippen molar-refractivity contribution in [2.75, 3.05) is 14.2 Å². The van der Waals surface area contributed by atoms with Gasteiger partial charge in [-0.1, -0.05) is 60.8 Å². The van der Waals surface area contributed by atoms with Crippen molar-refractivity contribution in [3.05, 3.63) is 63.1 Å². The molecule has 2 aromatic rings. The first-order valence-electron chi connectivity index (χ1n) is 9.67. The molecule has 5 heteroatoms. The molecule has 0 atom stereocenters. The lowest BCUT2D eigenvalue weighted by atomic mass is 9.91. The molecule has 0 amide bonds. The second-order valence-corrected chi connectivity index (χ2v) is 6.68. The average molecular weight is 489 g/mol. The Kier molecular flexibility index (Phi) is 20.8. The minimum absolute atomic E-state index is 0.376. The summed E-state index contributed by atoms with van der Waals surface area (Å²) in [6.45, 7) is 18.2. The summed E-state index contributed by atoms with van der Waals surface area (Å²) in [4.78, 5) is 0. The number of nitrogens with two attached hydrogens (primary N) is 1. The molecule has 0 aliphatic rings. The highest BCUT2D eigenvalue weighted by Gasteiger charge is 2.18. The van der Waals surface area contributed by atoms with Gasteiger partial charge in [0.05, 0.1) is 0 Å². The number of phenols is 1. The van der Waals surface area contributed by atoms with Crippen molar-refractivity contribution >= 4 is 27.5 Å². The quantitative estimate of drug-likeness (QED) is 0.395. The zero-order valence-corrected chi connectivity index (χ0v) is 21.6. The van der Waals surface area contributed by atoms with Crippen LogP contribution in [0.25, 0.3) is 11.1 Å².